The number of nitrogens with zero attached hydrogens (tertiary/aromatic N) is 1. The van der Waals surface area contributed by atoms with Gasteiger partial charge in [-0.05, 0) is 41.5 Å². The number of rotatable bonds is 3. The molecule has 25 heavy (non-hydrogen) atoms. The van der Waals surface area contributed by atoms with Gasteiger partial charge in [0.05, 0.1) is 10.7 Å². The lowest BCUT2D eigenvalue weighted by atomic mass is 10.1. The molecule has 0 aliphatic rings. The predicted octanol–water partition coefficient (Wildman–Crippen LogP) is 6.44. The van der Waals surface area contributed by atoms with Crippen LogP contribution >= 0.6 is 23.2 Å². The van der Waals surface area contributed by atoms with E-state index < -0.39 is 0 Å². The molecule has 1 heterocycles. The van der Waals surface area contributed by atoms with Crippen LogP contribution in [0, 0.1) is 6.92 Å². The van der Waals surface area contributed by atoms with E-state index in [9.17, 15) is 0 Å². The molecule has 4 heteroatoms. The van der Waals surface area contributed by atoms with Crippen molar-refractivity contribution in [2.24, 2.45) is 0 Å². The third kappa shape index (κ3) is 3.28. The second kappa shape index (κ2) is 6.55. The lowest BCUT2D eigenvalue weighted by Crippen LogP contribution is -1.91. The average Bonchev–Trinajstić information content (AvgIpc) is 2.97. The lowest BCUT2D eigenvalue weighted by Gasteiger charge is -2.03. The fraction of sp³-hybridized carbons (Fsp3) is 0.0952. The van der Waals surface area contributed by atoms with E-state index in [2.05, 4.69) is 47.4 Å². The molecule has 0 saturated heterocycles. The van der Waals surface area contributed by atoms with E-state index in [0.29, 0.717) is 10.0 Å². The van der Waals surface area contributed by atoms with Gasteiger partial charge in [0.15, 0.2) is 0 Å². The van der Waals surface area contributed by atoms with Gasteiger partial charge in [0.25, 0.3) is 0 Å². The van der Waals surface area contributed by atoms with Gasteiger partial charge in [-0.25, -0.2) is 4.98 Å². The van der Waals surface area contributed by atoms with Crippen LogP contribution in [0.5, 0.6) is 0 Å². The van der Waals surface area contributed by atoms with Gasteiger partial charge in [-0.1, -0.05) is 65.7 Å². The highest BCUT2D eigenvalue weighted by molar-refractivity contribution is 6.35. The minimum absolute atomic E-state index is 0.649. The van der Waals surface area contributed by atoms with Gasteiger partial charge in [0.2, 0.25) is 0 Å². The van der Waals surface area contributed by atoms with Gasteiger partial charge < -0.3 is 4.98 Å². The topological polar surface area (TPSA) is 28.7 Å². The van der Waals surface area contributed by atoms with Crippen molar-refractivity contribution in [2.45, 2.75) is 13.3 Å². The molecule has 0 spiro atoms. The van der Waals surface area contributed by atoms with Crippen LogP contribution in [-0.2, 0) is 6.42 Å². The number of hydrogen-bond acceptors (Lipinski definition) is 1. The molecule has 0 radical (unpaired) electrons. The van der Waals surface area contributed by atoms with E-state index in [-0.39, 0.29) is 0 Å². The first kappa shape index (κ1) is 16.2. The zero-order chi connectivity index (χ0) is 17.4. The first-order chi connectivity index (χ1) is 12.1. The maximum Gasteiger partial charge on any atom is 0.111 e. The van der Waals surface area contributed by atoms with Crippen LogP contribution in [0.25, 0.3) is 22.0 Å². The van der Waals surface area contributed by atoms with Gasteiger partial charge >= 0.3 is 0 Å². The van der Waals surface area contributed by atoms with Crippen LogP contribution in [0.3, 0.4) is 0 Å². The van der Waals surface area contributed by atoms with Crippen LogP contribution in [0.4, 0.5) is 0 Å². The van der Waals surface area contributed by atoms with Gasteiger partial charge in [-0.3, -0.25) is 0 Å². The van der Waals surface area contributed by atoms with Crippen molar-refractivity contribution in [1.29, 1.82) is 0 Å². The number of nitrogens with one attached hydrogen (secondary N) is 1. The van der Waals surface area contributed by atoms with E-state index in [1.54, 1.807) is 12.1 Å². The SMILES string of the molecule is Cc1[nH]c(Cc2ccc3ccccc3c2)nc1-c1cc(Cl)ccc1Cl. The fourth-order valence-corrected chi connectivity index (χ4v) is 3.47. The molecule has 0 fully saturated rings. The molecule has 124 valence electrons. The Kier molecular flexibility index (Phi) is 4.24. The molecule has 0 amide bonds. The summed E-state index contributed by atoms with van der Waals surface area (Å²) in [6.45, 7) is 2.00. The summed E-state index contributed by atoms with van der Waals surface area (Å²) < 4.78 is 0. The Morgan fingerprint density at radius 1 is 0.920 bits per heavy atom. The number of fused-ring (bicyclic) bond motifs is 1. The van der Waals surface area contributed by atoms with Crippen LogP contribution in [0.15, 0.2) is 60.7 Å². The van der Waals surface area contributed by atoms with Crippen LogP contribution in [-0.4, -0.2) is 9.97 Å². The molecule has 0 bridgehead atoms. The molecule has 1 aromatic heterocycles. The van der Waals surface area contributed by atoms with Crippen LogP contribution in [0.1, 0.15) is 17.1 Å². The van der Waals surface area contributed by atoms with E-state index in [0.717, 1.165) is 29.2 Å². The Hall–Kier alpha value is -2.29. The van der Waals surface area contributed by atoms with E-state index in [1.807, 2.05) is 13.0 Å². The van der Waals surface area contributed by atoms with E-state index in [1.165, 1.54) is 16.3 Å². The standard InChI is InChI=1S/C21H16Cl2N2/c1-13-21(18-12-17(22)8-9-19(18)23)25-20(24-13)11-14-6-7-15-4-2-3-5-16(15)10-14/h2-10,12H,11H2,1H3,(H,24,25). The summed E-state index contributed by atoms with van der Waals surface area (Å²) in [6.07, 6.45) is 0.740. The molecular formula is C21H16Cl2N2. The molecule has 1 N–H and O–H groups in total. The molecule has 3 aromatic carbocycles. The summed E-state index contributed by atoms with van der Waals surface area (Å²) >= 11 is 12.4. The molecule has 0 atom stereocenters. The molecule has 0 saturated carbocycles. The lowest BCUT2D eigenvalue weighted by molar-refractivity contribution is 1.02. The number of halogens is 2. The maximum atomic E-state index is 6.32. The summed E-state index contributed by atoms with van der Waals surface area (Å²) in [6, 6.07) is 20.3. The first-order valence-corrected chi connectivity index (χ1v) is 8.84. The Balaban J connectivity index is 1.68. The third-order valence-electron chi connectivity index (χ3n) is 4.30. The van der Waals surface area contributed by atoms with Gasteiger partial charge in [0.1, 0.15) is 5.82 Å². The van der Waals surface area contributed by atoms with Crippen molar-refractivity contribution in [3.8, 4) is 11.3 Å². The van der Waals surface area contributed by atoms with Gasteiger partial charge in [0, 0.05) is 22.7 Å². The number of aromatic amines is 1. The zero-order valence-electron chi connectivity index (χ0n) is 13.7. The predicted molar refractivity (Wildman–Crippen MR) is 106 cm³/mol. The maximum absolute atomic E-state index is 6.32. The van der Waals surface area contributed by atoms with E-state index >= 15 is 0 Å². The number of benzene rings is 3. The largest absolute Gasteiger partial charge is 0.345 e. The summed E-state index contributed by atoms with van der Waals surface area (Å²) in [7, 11) is 0. The fourth-order valence-electron chi connectivity index (χ4n) is 3.09. The highest BCUT2D eigenvalue weighted by Crippen LogP contribution is 2.31. The first-order valence-electron chi connectivity index (χ1n) is 8.09. The second-order valence-electron chi connectivity index (χ2n) is 6.14. The summed E-state index contributed by atoms with van der Waals surface area (Å²) in [5.41, 5.74) is 3.91. The third-order valence-corrected chi connectivity index (χ3v) is 4.87. The molecule has 0 aliphatic carbocycles. The highest BCUT2D eigenvalue weighted by Gasteiger charge is 2.13. The zero-order valence-corrected chi connectivity index (χ0v) is 15.2. The average molecular weight is 367 g/mol. The number of aromatic nitrogens is 2. The highest BCUT2D eigenvalue weighted by atomic mass is 35.5. The second-order valence-corrected chi connectivity index (χ2v) is 6.98. The molecule has 4 aromatic rings. The van der Waals surface area contributed by atoms with Crippen molar-refractivity contribution < 1.29 is 0 Å². The smallest absolute Gasteiger partial charge is 0.111 e. The van der Waals surface area contributed by atoms with Crippen molar-refractivity contribution in [2.75, 3.05) is 0 Å². The Morgan fingerprint density at radius 2 is 1.72 bits per heavy atom. The number of hydrogen-bond donors (Lipinski definition) is 1. The normalized spacial score (nSPS) is 11.2. The van der Waals surface area contributed by atoms with Crippen molar-refractivity contribution >= 4 is 34.0 Å². The summed E-state index contributed by atoms with van der Waals surface area (Å²) in [4.78, 5) is 8.13. The van der Waals surface area contributed by atoms with Gasteiger partial charge in [-0.15, -0.1) is 0 Å². The summed E-state index contributed by atoms with van der Waals surface area (Å²) in [5.74, 6) is 0.916. The van der Waals surface area contributed by atoms with Crippen molar-refractivity contribution in [1.82, 2.24) is 9.97 Å². The molecule has 0 aliphatic heterocycles. The quantitative estimate of drug-likeness (QED) is 0.444. The molecule has 2 nitrogen and oxygen atoms in total. The van der Waals surface area contributed by atoms with Crippen molar-refractivity contribution in [3.05, 3.63) is 87.8 Å². The Labute approximate surface area is 156 Å². The number of imidazole rings is 1. The minimum atomic E-state index is 0.649. The van der Waals surface area contributed by atoms with Crippen LogP contribution in [0.2, 0.25) is 10.0 Å². The number of aryl methyl sites for hydroxylation is 1. The Bertz CT molecular complexity index is 1070. The van der Waals surface area contributed by atoms with Gasteiger partial charge in [-0.2, -0.15) is 0 Å². The number of H-pyrrole nitrogens is 1. The van der Waals surface area contributed by atoms with Crippen LogP contribution < -0.4 is 0 Å². The molecular weight excluding hydrogens is 351 g/mol. The minimum Gasteiger partial charge on any atom is -0.345 e. The molecule has 0 unspecified atom stereocenters. The van der Waals surface area contributed by atoms with E-state index in [4.69, 9.17) is 28.2 Å². The monoisotopic (exact) mass is 366 g/mol. The Morgan fingerprint density at radius 3 is 2.56 bits per heavy atom. The molecule has 4 rings (SSSR count). The van der Waals surface area contributed by atoms with Crippen molar-refractivity contribution in [3.63, 3.8) is 0 Å². The summed E-state index contributed by atoms with van der Waals surface area (Å²) in [5, 5.41) is 3.78.